The molecule has 1 aliphatic heterocycles. The summed E-state index contributed by atoms with van der Waals surface area (Å²) < 4.78 is 2.15. The number of piperidine rings is 1. The van der Waals surface area contributed by atoms with Crippen LogP contribution in [0.25, 0.3) is 11.3 Å². The Morgan fingerprint density at radius 2 is 2.00 bits per heavy atom. The lowest BCUT2D eigenvalue weighted by molar-refractivity contribution is 0.356. The minimum atomic E-state index is 0.467. The molecule has 1 fully saturated rings. The van der Waals surface area contributed by atoms with Crippen LogP contribution >= 0.6 is 11.6 Å². The highest BCUT2D eigenvalue weighted by Gasteiger charge is 2.23. The number of benzene rings is 1. The van der Waals surface area contributed by atoms with Crippen molar-refractivity contribution >= 4 is 23.2 Å². The van der Waals surface area contributed by atoms with Gasteiger partial charge in [0.1, 0.15) is 0 Å². The molecule has 1 saturated heterocycles. The minimum Gasteiger partial charge on any atom is -0.381 e. The van der Waals surface area contributed by atoms with Crippen LogP contribution in [0.2, 0.25) is 5.02 Å². The van der Waals surface area contributed by atoms with Gasteiger partial charge in [-0.15, -0.1) is 0 Å². The molecule has 6 nitrogen and oxygen atoms in total. The van der Waals surface area contributed by atoms with Gasteiger partial charge in [0.25, 0.3) is 0 Å². The van der Waals surface area contributed by atoms with E-state index in [-0.39, 0.29) is 0 Å². The van der Waals surface area contributed by atoms with Gasteiger partial charge in [0.05, 0.1) is 23.2 Å². The highest BCUT2D eigenvalue weighted by molar-refractivity contribution is 6.33. The molecule has 2 N–H and O–H groups in total. The van der Waals surface area contributed by atoms with Gasteiger partial charge in [0, 0.05) is 37.6 Å². The topological polar surface area (TPSA) is 72.9 Å². The first-order valence-electron chi connectivity index (χ1n) is 8.79. The van der Waals surface area contributed by atoms with E-state index in [1.165, 1.54) is 0 Å². The molecule has 1 aromatic carbocycles. The number of hydrogen-bond donors (Lipinski definition) is 1. The molecular formula is C19H21ClN6. The normalized spacial score (nSPS) is 15.3. The van der Waals surface area contributed by atoms with Gasteiger partial charge >= 0.3 is 0 Å². The van der Waals surface area contributed by atoms with Gasteiger partial charge in [-0.2, -0.15) is 0 Å². The molecule has 1 aliphatic rings. The molecule has 134 valence electrons. The molecule has 0 spiro atoms. The second-order valence-corrected chi connectivity index (χ2v) is 7.04. The van der Waals surface area contributed by atoms with Crippen molar-refractivity contribution in [1.82, 2.24) is 19.5 Å². The number of nitrogen functional groups attached to an aromatic ring is 1. The fraction of sp³-hybridized carbons (Fsp3) is 0.316. The summed E-state index contributed by atoms with van der Waals surface area (Å²) >= 11 is 6.30. The van der Waals surface area contributed by atoms with Crippen LogP contribution in [0.5, 0.6) is 0 Å². The van der Waals surface area contributed by atoms with E-state index in [0.29, 0.717) is 16.8 Å². The summed E-state index contributed by atoms with van der Waals surface area (Å²) in [6, 6.07) is 7.66. The van der Waals surface area contributed by atoms with E-state index in [0.717, 1.165) is 49.6 Å². The lowest BCUT2D eigenvalue weighted by Gasteiger charge is -2.33. The van der Waals surface area contributed by atoms with Gasteiger partial charge in [-0.3, -0.25) is 0 Å². The molecule has 0 radical (unpaired) electrons. The monoisotopic (exact) mass is 368 g/mol. The summed E-state index contributed by atoms with van der Waals surface area (Å²) in [4.78, 5) is 15.5. The number of nitrogens with zero attached hydrogens (tertiary/aromatic N) is 5. The Hall–Kier alpha value is -2.60. The number of halogens is 1. The number of imidazole rings is 1. The highest BCUT2D eigenvalue weighted by Crippen LogP contribution is 2.31. The lowest BCUT2D eigenvalue weighted by Crippen LogP contribution is -2.36. The van der Waals surface area contributed by atoms with Gasteiger partial charge in [0.15, 0.2) is 11.6 Å². The summed E-state index contributed by atoms with van der Waals surface area (Å²) in [5, 5.41) is 0.663. The average Bonchev–Trinajstić information content (AvgIpc) is 3.17. The molecule has 3 aromatic rings. The van der Waals surface area contributed by atoms with Crippen LogP contribution in [-0.2, 0) is 6.54 Å². The third-order valence-electron chi connectivity index (χ3n) is 4.87. The second kappa shape index (κ2) is 7.33. The standard InChI is InChI=1S/C19H21ClN6/c20-16-4-2-1-3-15(16)17-11-23-18(21)19(24-17)26-8-5-14(6-9-26)12-25-10-7-22-13-25/h1-4,7,10-11,13-14H,5-6,8-9,12H2,(H2,21,23). The van der Waals surface area contributed by atoms with Crippen molar-refractivity contribution in [3.8, 4) is 11.3 Å². The first kappa shape index (κ1) is 16.8. The number of anilines is 2. The van der Waals surface area contributed by atoms with Gasteiger partial charge in [0.2, 0.25) is 0 Å². The van der Waals surface area contributed by atoms with Crippen molar-refractivity contribution in [2.45, 2.75) is 19.4 Å². The Morgan fingerprint density at radius 1 is 1.19 bits per heavy atom. The molecule has 4 rings (SSSR count). The van der Waals surface area contributed by atoms with Gasteiger partial charge < -0.3 is 15.2 Å². The summed E-state index contributed by atoms with van der Waals surface area (Å²) in [5.74, 6) is 1.86. The molecule has 0 atom stereocenters. The molecule has 26 heavy (non-hydrogen) atoms. The van der Waals surface area contributed by atoms with E-state index in [1.54, 1.807) is 6.20 Å². The van der Waals surface area contributed by atoms with E-state index < -0.39 is 0 Å². The van der Waals surface area contributed by atoms with Crippen molar-refractivity contribution < 1.29 is 0 Å². The quantitative estimate of drug-likeness (QED) is 0.763. The van der Waals surface area contributed by atoms with Crippen molar-refractivity contribution in [1.29, 1.82) is 0 Å². The lowest BCUT2D eigenvalue weighted by atomic mass is 9.96. The zero-order valence-electron chi connectivity index (χ0n) is 14.4. The number of hydrogen-bond acceptors (Lipinski definition) is 5. The van der Waals surface area contributed by atoms with Crippen molar-refractivity contribution in [2.75, 3.05) is 23.7 Å². The van der Waals surface area contributed by atoms with Crippen LogP contribution in [-0.4, -0.2) is 32.6 Å². The Labute approximate surface area is 157 Å². The summed E-state index contributed by atoms with van der Waals surface area (Å²) in [7, 11) is 0. The molecule has 2 aromatic heterocycles. The zero-order valence-corrected chi connectivity index (χ0v) is 15.2. The Kier molecular flexibility index (Phi) is 4.75. The van der Waals surface area contributed by atoms with Gasteiger partial charge in [-0.25, -0.2) is 15.0 Å². The number of aromatic nitrogens is 4. The van der Waals surface area contributed by atoms with E-state index >= 15 is 0 Å². The first-order valence-corrected chi connectivity index (χ1v) is 9.16. The summed E-state index contributed by atoms with van der Waals surface area (Å²) in [6.07, 6.45) is 9.59. The van der Waals surface area contributed by atoms with Crippen LogP contribution in [0.4, 0.5) is 11.6 Å². The van der Waals surface area contributed by atoms with Gasteiger partial charge in [-0.05, 0) is 24.8 Å². The summed E-state index contributed by atoms with van der Waals surface area (Å²) in [6.45, 7) is 2.85. The SMILES string of the molecule is Nc1ncc(-c2ccccc2Cl)nc1N1CCC(Cn2ccnc2)CC1. The third-order valence-corrected chi connectivity index (χ3v) is 5.20. The minimum absolute atomic E-state index is 0.467. The maximum atomic E-state index is 6.30. The fourth-order valence-corrected chi connectivity index (χ4v) is 3.67. The van der Waals surface area contributed by atoms with Crippen molar-refractivity contribution in [3.63, 3.8) is 0 Å². The summed E-state index contributed by atoms with van der Waals surface area (Å²) in [5.41, 5.74) is 7.74. The average molecular weight is 369 g/mol. The molecule has 0 aliphatic carbocycles. The van der Waals surface area contributed by atoms with Crippen LogP contribution < -0.4 is 10.6 Å². The second-order valence-electron chi connectivity index (χ2n) is 6.63. The van der Waals surface area contributed by atoms with Crippen molar-refractivity contribution in [3.05, 3.63) is 54.2 Å². The van der Waals surface area contributed by atoms with Crippen LogP contribution in [0.3, 0.4) is 0 Å². The predicted molar refractivity (Wildman–Crippen MR) is 104 cm³/mol. The Bertz CT molecular complexity index is 871. The third kappa shape index (κ3) is 3.51. The molecule has 0 amide bonds. The fourth-order valence-electron chi connectivity index (χ4n) is 3.44. The molecule has 0 bridgehead atoms. The van der Waals surface area contributed by atoms with Crippen molar-refractivity contribution in [2.24, 2.45) is 5.92 Å². The number of nitrogens with two attached hydrogens (primary N) is 1. The van der Waals surface area contributed by atoms with Crippen LogP contribution in [0.15, 0.2) is 49.2 Å². The molecular weight excluding hydrogens is 348 g/mol. The van der Waals surface area contributed by atoms with Gasteiger partial charge in [-0.1, -0.05) is 29.8 Å². The first-order chi connectivity index (χ1) is 12.7. The van der Waals surface area contributed by atoms with E-state index in [2.05, 4.69) is 19.4 Å². The largest absolute Gasteiger partial charge is 0.381 e. The zero-order chi connectivity index (χ0) is 17.9. The molecule has 0 saturated carbocycles. The highest BCUT2D eigenvalue weighted by atomic mass is 35.5. The van der Waals surface area contributed by atoms with E-state index in [4.69, 9.17) is 22.3 Å². The Balaban J connectivity index is 1.50. The maximum absolute atomic E-state index is 6.30. The predicted octanol–water partition coefficient (Wildman–Crippen LogP) is 3.49. The maximum Gasteiger partial charge on any atom is 0.172 e. The molecule has 0 unspecified atom stereocenters. The van der Waals surface area contributed by atoms with E-state index in [9.17, 15) is 0 Å². The van der Waals surface area contributed by atoms with E-state index in [1.807, 2.05) is 43.0 Å². The smallest absolute Gasteiger partial charge is 0.172 e. The molecule has 3 heterocycles. The molecule has 7 heteroatoms. The van der Waals surface area contributed by atoms with Crippen LogP contribution in [0.1, 0.15) is 12.8 Å². The van der Waals surface area contributed by atoms with Crippen LogP contribution in [0, 0.1) is 5.92 Å². The number of rotatable bonds is 4. The Morgan fingerprint density at radius 3 is 2.73 bits per heavy atom.